The Morgan fingerprint density at radius 2 is 1.93 bits per heavy atom. The molecule has 2 heterocycles. The number of imide groups is 1. The fourth-order valence-electron chi connectivity index (χ4n) is 3.19. The smallest absolute Gasteiger partial charge is 0.328 e. The number of nitrogens with one attached hydrogen (secondary N) is 1. The molecule has 1 saturated heterocycles. The minimum atomic E-state index is -0.703. The first-order valence-electron chi connectivity index (χ1n) is 9.05. The number of carbonyl (C=O) groups is 3. The molecule has 148 valence electrons. The lowest BCUT2D eigenvalue weighted by molar-refractivity contribution is -0.136. The Bertz CT molecular complexity index is 833. The molecule has 2 atom stereocenters. The Hall–Kier alpha value is -3.23. The third-order valence-corrected chi connectivity index (χ3v) is 4.91. The van der Waals surface area contributed by atoms with Gasteiger partial charge in [0.1, 0.15) is 6.54 Å². The van der Waals surface area contributed by atoms with Gasteiger partial charge >= 0.3 is 6.03 Å². The van der Waals surface area contributed by atoms with Crippen molar-refractivity contribution in [2.45, 2.75) is 32.0 Å². The van der Waals surface area contributed by atoms with Gasteiger partial charge < -0.3 is 9.80 Å². The van der Waals surface area contributed by atoms with Crippen LogP contribution in [0.25, 0.3) is 0 Å². The van der Waals surface area contributed by atoms with Crippen LogP contribution in [0.1, 0.15) is 30.9 Å². The van der Waals surface area contributed by atoms with E-state index in [-0.39, 0.29) is 18.4 Å². The highest BCUT2D eigenvalue weighted by Crippen LogP contribution is 2.24. The lowest BCUT2D eigenvalue weighted by Gasteiger charge is -2.39. The highest BCUT2D eigenvalue weighted by Gasteiger charge is 2.48. The first-order chi connectivity index (χ1) is 13.3. The highest BCUT2D eigenvalue weighted by atomic mass is 16.2. The summed E-state index contributed by atoms with van der Waals surface area (Å²) in [5, 5.41) is 3.97. The number of likely N-dealkylation sites (N-methyl/N-ethyl adjacent to an activating group) is 2. The maximum absolute atomic E-state index is 12.4. The van der Waals surface area contributed by atoms with Crippen LogP contribution in [-0.4, -0.2) is 77.9 Å². The molecule has 1 N–H and O–H groups in total. The molecule has 4 amide bonds. The first-order valence-corrected chi connectivity index (χ1v) is 9.05. The quantitative estimate of drug-likeness (QED) is 0.600. The molecule has 1 fully saturated rings. The van der Waals surface area contributed by atoms with Crippen molar-refractivity contribution in [3.05, 3.63) is 35.4 Å². The summed E-state index contributed by atoms with van der Waals surface area (Å²) in [7, 11) is 3.00. The summed E-state index contributed by atoms with van der Waals surface area (Å²) in [5.41, 5.74) is 4.56. The number of amides is 4. The van der Waals surface area contributed by atoms with Crippen LogP contribution in [0.15, 0.2) is 34.4 Å². The summed E-state index contributed by atoms with van der Waals surface area (Å²) in [5.74, 6) is -0.308. The van der Waals surface area contributed by atoms with Gasteiger partial charge in [0.05, 0.1) is 12.6 Å². The van der Waals surface area contributed by atoms with Crippen molar-refractivity contribution >= 4 is 30.4 Å². The topological polar surface area (TPSA) is 97.7 Å². The molecule has 0 bridgehead atoms. The van der Waals surface area contributed by atoms with E-state index in [4.69, 9.17) is 0 Å². The molecule has 9 nitrogen and oxygen atoms in total. The van der Waals surface area contributed by atoms with Gasteiger partial charge in [0.15, 0.2) is 12.2 Å². The molecular formula is C19H24N6O3. The van der Waals surface area contributed by atoms with E-state index in [0.717, 1.165) is 10.5 Å². The maximum Gasteiger partial charge on any atom is 0.328 e. The molecule has 3 rings (SSSR count). The van der Waals surface area contributed by atoms with Crippen molar-refractivity contribution in [3.63, 3.8) is 0 Å². The lowest BCUT2D eigenvalue weighted by Crippen LogP contribution is -2.64. The molecule has 1 aromatic carbocycles. The molecule has 0 radical (unpaired) electrons. The number of rotatable bonds is 5. The highest BCUT2D eigenvalue weighted by molar-refractivity contribution is 6.02. The van der Waals surface area contributed by atoms with Crippen molar-refractivity contribution < 1.29 is 14.4 Å². The van der Waals surface area contributed by atoms with Crippen molar-refractivity contribution in [1.82, 2.24) is 20.1 Å². The summed E-state index contributed by atoms with van der Waals surface area (Å²) in [6, 6.07) is 6.81. The molecule has 0 aromatic heterocycles. The standard InChI is InChI=1S/C19H24N6O3/c1-12(2)14-7-5-13(6-8-14)9-21-22-15(26)10-25-11-20-17-16(25)18(27)24(4)19(28)23(17)3/h5-9,11-12,16-17H,10H2,1-4H3,(H,22,26)/b21-9+. The van der Waals surface area contributed by atoms with Crippen LogP contribution >= 0.6 is 0 Å². The third-order valence-electron chi connectivity index (χ3n) is 4.91. The van der Waals surface area contributed by atoms with Crippen molar-refractivity contribution in [2.24, 2.45) is 10.1 Å². The van der Waals surface area contributed by atoms with E-state index in [9.17, 15) is 14.4 Å². The summed E-state index contributed by atoms with van der Waals surface area (Å²) >= 11 is 0. The molecule has 9 heteroatoms. The minimum absolute atomic E-state index is 0.0874. The number of hydrazone groups is 1. The SMILES string of the molecule is CC(C)c1ccc(/C=N/NC(=O)CN2C=NC3C2C(=O)N(C)C(=O)N3C)cc1. The number of benzene rings is 1. The molecule has 2 unspecified atom stereocenters. The van der Waals surface area contributed by atoms with E-state index in [1.165, 1.54) is 28.7 Å². The Morgan fingerprint density at radius 1 is 1.25 bits per heavy atom. The molecule has 2 aliphatic heterocycles. The predicted octanol–water partition coefficient (Wildman–Crippen LogP) is 0.823. The van der Waals surface area contributed by atoms with E-state index in [0.29, 0.717) is 5.92 Å². The lowest BCUT2D eigenvalue weighted by atomic mass is 10.0. The molecule has 1 aromatic rings. The number of urea groups is 1. The van der Waals surface area contributed by atoms with E-state index in [1.54, 1.807) is 13.3 Å². The molecule has 2 aliphatic rings. The van der Waals surface area contributed by atoms with Crippen LogP contribution in [0, 0.1) is 0 Å². The van der Waals surface area contributed by atoms with Crippen molar-refractivity contribution in [3.8, 4) is 0 Å². The second-order valence-corrected chi connectivity index (χ2v) is 7.20. The van der Waals surface area contributed by atoms with Gasteiger partial charge in [-0.05, 0) is 17.0 Å². The summed E-state index contributed by atoms with van der Waals surface area (Å²) in [6.07, 6.45) is 2.38. The van der Waals surface area contributed by atoms with Gasteiger partial charge in [-0.2, -0.15) is 5.10 Å². The van der Waals surface area contributed by atoms with Crippen LogP contribution in [0.4, 0.5) is 4.79 Å². The number of hydrogen-bond acceptors (Lipinski definition) is 6. The number of fused-ring (bicyclic) bond motifs is 1. The van der Waals surface area contributed by atoms with Crippen LogP contribution in [0.2, 0.25) is 0 Å². The fourth-order valence-corrected chi connectivity index (χ4v) is 3.19. The molecule has 0 saturated carbocycles. The number of aliphatic imine (C=N–C) groups is 1. The number of carbonyl (C=O) groups excluding carboxylic acids is 3. The monoisotopic (exact) mass is 384 g/mol. The zero-order valence-electron chi connectivity index (χ0n) is 16.4. The Kier molecular flexibility index (Phi) is 5.43. The van der Waals surface area contributed by atoms with Crippen LogP contribution in [-0.2, 0) is 9.59 Å². The van der Waals surface area contributed by atoms with Crippen LogP contribution < -0.4 is 5.43 Å². The van der Waals surface area contributed by atoms with Gasteiger partial charge in [0, 0.05) is 14.1 Å². The largest absolute Gasteiger partial charge is 0.338 e. The average Bonchev–Trinajstić information content (AvgIpc) is 3.08. The Labute approximate surface area is 163 Å². The van der Waals surface area contributed by atoms with Gasteiger partial charge in [0.25, 0.3) is 11.8 Å². The van der Waals surface area contributed by atoms with E-state index in [2.05, 4.69) is 29.4 Å². The predicted molar refractivity (Wildman–Crippen MR) is 105 cm³/mol. The second kappa shape index (κ2) is 7.79. The van der Waals surface area contributed by atoms with Gasteiger partial charge in [-0.1, -0.05) is 38.1 Å². The Morgan fingerprint density at radius 3 is 2.57 bits per heavy atom. The first kappa shape index (κ1) is 19.5. The summed E-state index contributed by atoms with van der Waals surface area (Å²) in [6.45, 7) is 4.16. The van der Waals surface area contributed by atoms with Gasteiger partial charge in [-0.25, -0.2) is 15.2 Å². The van der Waals surface area contributed by atoms with Gasteiger partial charge in [-0.15, -0.1) is 0 Å². The number of hydrogen-bond donors (Lipinski definition) is 1. The zero-order chi connectivity index (χ0) is 20.4. The molecule has 0 aliphatic carbocycles. The van der Waals surface area contributed by atoms with Crippen molar-refractivity contribution in [2.75, 3.05) is 20.6 Å². The normalized spacial score (nSPS) is 21.8. The third kappa shape index (κ3) is 3.73. The zero-order valence-corrected chi connectivity index (χ0v) is 16.4. The van der Waals surface area contributed by atoms with Crippen LogP contribution in [0.5, 0.6) is 0 Å². The maximum atomic E-state index is 12.4. The van der Waals surface area contributed by atoms with Crippen molar-refractivity contribution in [1.29, 1.82) is 0 Å². The summed E-state index contributed by atoms with van der Waals surface area (Å²) in [4.78, 5) is 44.8. The van der Waals surface area contributed by atoms with Crippen LogP contribution in [0.3, 0.4) is 0 Å². The summed E-state index contributed by atoms with van der Waals surface area (Å²) < 4.78 is 0. The Balaban J connectivity index is 1.57. The fraction of sp³-hybridized carbons (Fsp3) is 0.421. The molecular weight excluding hydrogens is 360 g/mol. The minimum Gasteiger partial charge on any atom is -0.338 e. The average molecular weight is 384 g/mol. The van der Waals surface area contributed by atoms with Gasteiger partial charge in [0.2, 0.25) is 0 Å². The van der Waals surface area contributed by atoms with E-state index in [1.807, 2.05) is 24.3 Å². The van der Waals surface area contributed by atoms with E-state index < -0.39 is 18.2 Å². The van der Waals surface area contributed by atoms with E-state index >= 15 is 0 Å². The number of nitrogens with zero attached hydrogens (tertiary/aromatic N) is 5. The molecule has 0 spiro atoms. The molecule has 28 heavy (non-hydrogen) atoms. The second-order valence-electron chi connectivity index (χ2n) is 7.20. The van der Waals surface area contributed by atoms with Gasteiger partial charge in [-0.3, -0.25) is 14.5 Å².